The summed E-state index contributed by atoms with van der Waals surface area (Å²) in [6, 6.07) is 6.92. The lowest BCUT2D eigenvalue weighted by molar-refractivity contribution is -0.385. The minimum absolute atomic E-state index is 0.233. The van der Waals surface area contributed by atoms with Crippen LogP contribution in [0.2, 0.25) is 0 Å². The molecule has 0 N–H and O–H groups in total. The first-order chi connectivity index (χ1) is 6.75. The number of hydrogen-bond donors (Lipinski definition) is 0. The zero-order valence-electron chi connectivity index (χ0n) is 8.27. The third kappa shape index (κ3) is 2.83. The number of hydrogen-bond acceptors (Lipinski definition) is 2. The van der Waals surface area contributed by atoms with E-state index in [-0.39, 0.29) is 10.6 Å². The number of unbranched alkanes of at least 4 members (excludes halogenated alkanes) is 2. The minimum atomic E-state index is -0.318. The van der Waals surface area contributed by atoms with Crippen LogP contribution in [0.4, 0.5) is 5.69 Å². The SMILES string of the molecule is CC[CH]CCc1ccccc1[N+](=O)[O-]. The first-order valence-corrected chi connectivity index (χ1v) is 4.79. The van der Waals surface area contributed by atoms with E-state index < -0.39 is 0 Å². The van der Waals surface area contributed by atoms with Crippen molar-refractivity contribution in [1.29, 1.82) is 0 Å². The largest absolute Gasteiger partial charge is 0.272 e. The highest BCUT2D eigenvalue weighted by atomic mass is 16.6. The fourth-order valence-electron chi connectivity index (χ4n) is 1.36. The summed E-state index contributed by atoms with van der Waals surface area (Å²) in [7, 11) is 0. The Kier molecular flexibility index (Phi) is 4.11. The Balaban J connectivity index is 2.69. The molecule has 1 radical (unpaired) electrons. The van der Waals surface area contributed by atoms with Gasteiger partial charge >= 0.3 is 0 Å². The Morgan fingerprint density at radius 3 is 2.79 bits per heavy atom. The average Bonchev–Trinajstić information content (AvgIpc) is 2.19. The Labute approximate surface area is 83.9 Å². The maximum absolute atomic E-state index is 10.6. The fourth-order valence-corrected chi connectivity index (χ4v) is 1.36. The van der Waals surface area contributed by atoms with Gasteiger partial charge in [0.2, 0.25) is 0 Å². The summed E-state index contributed by atoms with van der Waals surface area (Å²) >= 11 is 0. The van der Waals surface area contributed by atoms with Gasteiger partial charge in [-0.3, -0.25) is 10.1 Å². The smallest absolute Gasteiger partial charge is 0.258 e. The van der Waals surface area contributed by atoms with Crippen LogP contribution in [0.3, 0.4) is 0 Å². The molecule has 0 saturated heterocycles. The summed E-state index contributed by atoms with van der Waals surface area (Å²) in [5, 5.41) is 10.6. The predicted molar refractivity (Wildman–Crippen MR) is 56.0 cm³/mol. The number of nitro benzene ring substituents is 1. The van der Waals surface area contributed by atoms with Gasteiger partial charge in [-0.05, 0) is 19.3 Å². The monoisotopic (exact) mass is 192 g/mol. The molecule has 0 heterocycles. The van der Waals surface area contributed by atoms with Gasteiger partial charge in [-0.1, -0.05) is 31.5 Å². The molecule has 0 atom stereocenters. The molecule has 0 fully saturated rings. The van der Waals surface area contributed by atoms with E-state index in [1.165, 1.54) is 0 Å². The zero-order valence-corrected chi connectivity index (χ0v) is 8.27. The van der Waals surface area contributed by atoms with Gasteiger partial charge in [0.15, 0.2) is 0 Å². The van der Waals surface area contributed by atoms with E-state index >= 15 is 0 Å². The first-order valence-electron chi connectivity index (χ1n) is 4.79. The van der Waals surface area contributed by atoms with Crippen LogP contribution in [-0.2, 0) is 6.42 Å². The number of benzene rings is 1. The van der Waals surface area contributed by atoms with Crippen LogP contribution in [-0.4, -0.2) is 4.92 Å². The number of nitrogens with zero attached hydrogens (tertiary/aromatic N) is 1. The van der Waals surface area contributed by atoms with Crippen LogP contribution < -0.4 is 0 Å². The summed E-state index contributed by atoms with van der Waals surface area (Å²) in [4.78, 5) is 10.3. The van der Waals surface area contributed by atoms with E-state index in [0.717, 1.165) is 24.8 Å². The van der Waals surface area contributed by atoms with E-state index in [4.69, 9.17) is 0 Å². The number of rotatable bonds is 5. The highest BCUT2D eigenvalue weighted by molar-refractivity contribution is 5.39. The topological polar surface area (TPSA) is 43.1 Å². The van der Waals surface area contributed by atoms with Crippen LogP contribution in [0.15, 0.2) is 24.3 Å². The maximum atomic E-state index is 10.6. The van der Waals surface area contributed by atoms with Gasteiger partial charge in [0.25, 0.3) is 5.69 Å². The molecule has 1 aromatic carbocycles. The lowest BCUT2D eigenvalue weighted by atomic mass is 10.1. The second-order valence-electron chi connectivity index (χ2n) is 3.12. The number of aryl methyl sites for hydroxylation is 1. The van der Waals surface area contributed by atoms with Gasteiger partial charge in [-0.25, -0.2) is 0 Å². The molecule has 0 aliphatic rings. The Morgan fingerprint density at radius 2 is 2.14 bits per heavy atom. The van der Waals surface area contributed by atoms with Crippen molar-refractivity contribution in [2.45, 2.75) is 26.2 Å². The van der Waals surface area contributed by atoms with Gasteiger partial charge in [0.05, 0.1) is 4.92 Å². The second kappa shape index (κ2) is 5.37. The highest BCUT2D eigenvalue weighted by Gasteiger charge is 2.10. The molecule has 0 bridgehead atoms. The van der Waals surface area contributed by atoms with Gasteiger partial charge < -0.3 is 0 Å². The second-order valence-corrected chi connectivity index (χ2v) is 3.12. The van der Waals surface area contributed by atoms with Crippen molar-refractivity contribution >= 4 is 5.69 Å². The first kappa shape index (κ1) is 10.7. The van der Waals surface area contributed by atoms with E-state index in [1.807, 2.05) is 12.1 Å². The van der Waals surface area contributed by atoms with Crippen molar-refractivity contribution in [2.24, 2.45) is 0 Å². The highest BCUT2D eigenvalue weighted by Crippen LogP contribution is 2.19. The molecule has 3 nitrogen and oxygen atoms in total. The Bertz CT molecular complexity index is 310. The van der Waals surface area contributed by atoms with Gasteiger partial charge in [-0.15, -0.1) is 0 Å². The third-order valence-corrected chi connectivity index (χ3v) is 2.09. The molecule has 75 valence electrons. The predicted octanol–water partition coefficient (Wildman–Crippen LogP) is 3.14. The van der Waals surface area contributed by atoms with E-state index in [0.29, 0.717) is 0 Å². The van der Waals surface area contributed by atoms with Crippen molar-refractivity contribution in [3.05, 3.63) is 46.4 Å². The summed E-state index contributed by atoms with van der Waals surface area (Å²) in [6.45, 7) is 2.07. The summed E-state index contributed by atoms with van der Waals surface area (Å²) in [5.41, 5.74) is 1.05. The average molecular weight is 192 g/mol. The number of nitro groups is 1. The number of para-hydroxylation sites is 1. The van der Waals surface area contributed by atoms with Crippen molar-refractivity contribution in [3.63, 3.8) is 0 Å². The molecule has 0 spiro atoms. The molecule has 14 heavy (non-hydrogen) atoms. The third-order valence-electron chi connectivity index (χ3n) is 2.09. The molecule has 0 aliphatic heterocycles. The van der Waals surface area contributed by atoms with Crippen LogP contribution in [0.5, 0.6) is 0 Å². The van der Waals surface area contributed by atoms with E-state index in [2.05, 4.69) is 13.3 Å². The standard InChI is InChI=1S/C11H14NO2/c1-2-3-4-7-10-8-5-6-9-11(10)12(13)14/h3,5-6,8-9H,2,4,7H2,1H3. The van der Waals surface area contributed by atoms with Crippen LogP contribution >= 0.6 is 0 Å². The molecule has 1 aromatic rings. The minimum Gasteiger partial charge on any atom is -0.258 e. The van der Waals surface area contributed by atoms with Crippen molar-refractivity contribution in [2.75, 3.05) is 0 Å². The van der Waals surface area contributed by atoms with Crippen molar-refractivity contribution in [1.82, 2.24) is 0 Å². The summed E-state index contributed by atoms with van der Waals surface area (Å²) in [6.07, 6.45) is 4.81. The maximum Gasteiger partial charge on any atom is 0.272 e. The van der Waals surface area contributed by atoms with Gasteiger partial charge in [0.1, 0.15) is 0 Å². The van der Waals surface area contributed by atoms with Gasteiger partial charge in [-0.2, -0.15) is 0 Å². The Morgan fingerprint density at radius 1 is 1.43 bits per heavy atom. The molecule has 0 amide bonds. The quantitative estimate of drug-likeness (QED) is 0.408. The van der Waals surface area contributed by atoms with E-state index in [1.54, 1.807) is 12.1 Å². The van der Waals surface area contributed by atoms with Gasteiger partial charge in [0, 0.05) is 11.6 Å². The molecule has 1 rings (SSSR count). The molecule has 3 heteroatoms. The van der Waals surface area contributed by atoms with Crippen molar-refractivity contribution < 1.29 is 4.92 Å². The Hall–Kier alpha value is -1.38. The van der Waals surface area contributed by atoms with Crippen LogP contribution in [0.1, 0.15) is 25.3 Å². The molecular weight excluding hydrogens is 178 g/mol. The molecule has 0 aromatic heterocycles. The van der Waals surface area contributed by atoms with Crippen LogP contribution in [0, 0.1) is 16.5 Å². The lowest BCUT2D eigenvalue weighted by Gasteiger charge is -2.01. The van der Waals surface area contributed by atoms with Crippen molar-refractivity contribution in [3.8, 4) is 0 Å². The summed E-state index contributed by atoms with van der Waals surface area (Å²) in [5.74, 6) is 0. The zero-order chi connectivity index (χ0) is 10.4. The molecular formula is C11H14NO2. The fraction of sp³-hybridized carbons (Fsp3) is 0.364. The summed E-state index contributed by atoms with van der Waals surface area (Å²) < 4.78 is 0. The molecule has 0 saturated carbocycles. The molecule has 0 unspecified atom stereocenters. The van der Waals surface area contributed by atoms with E-state index in [9.17, 15) is 10.1 Å². The molecule has 0 aliphatic carbocycles. The van der Waals surface area contributed by atoms with Crippen LogP contribution in [0.25, 0.3) is 0 Å². The lowest BCUT2D eigenvalue weighted by Crippen LogP contribution is -1.95. The normalized spacial score (nSPS) is 10.1.